The summed E-state index contributed by atoms with van der Waals surface area (Å²) in [5, 5.41) is 2.67. The molecular weight excluding hydrogens is 316 g/mol. The van der Waals surface area contributed by atoms with E-state index in [1.54, 1.807) is 12.1 Å². The number of rotatable bonds is 10. The lowest BCUT2D eigenvalue weighted by Crippen LogP contribution is -2.39. The number of hydrogen-bond donors (Lipinski definition) is 1. The summed E-state index contributed by atoms with van der Waals surface area (Å²) in [6.45, 7) is 4.91. The SMILES string of the molecule is CCCCN(CCNC(=O)COc1ccc(C)cc1)S(C)(=O)=O. The third-order valence-electron chi connectivity index (χ3n) is 3.30. The molecule has 0 aliphatic carbocycles. The van der Waals surface area contributed by atoms with Gasteiger partial charge in [-0.15, -0.1) is 0 Å². The van der Waals surface area contributed by atoms with Gasteiger partial charge in [-0.3, -0.25) is 4.79 Å². The molecule has 6 nitrogen and oxygen atoms in total. The predicted molar refractivity (Wildman–Crippen MR) is 91.0 cm³/mol. The maximum atomic E-state index is 11.7. The maximum absolute atomic E-state index is 11.7. The molecule has 23 heavy (non-hydrogen) atoms. The molecule has 0 spiro atoms. The molecule has 0 saturated carbocycles. The normalized spacial score (nSPS) is 11.5. The molecule has 0 atom stereocenters. The number of sulfonamides is 1. The average Bonchev–Trinajstić information content (AvgIpc) is 2.49. The minimum absolute atomic E-state index is 0.0864. The first-order valence-electron chi connectivity index (χ1n) is 7.74. The van der Waals surface area contributed by atoms with Crippen molar-refractivity contribution in [1.82, 2.24) is 9.62 Å². The first-order chi connectivity index (χ1) is 10.8. The number of carbonyl (C=O) groups excluding carboxylic acids is 1. The van der Waals surface area contributed by atoms with Crippen molar-refractivity contribution in [1.29, 1.82) is 0 Å². The average molecular weight is 342 g/mol. The Bertz CT molecular complexity index is 585. The lowest BCUT2D eigenvalue weighted by Gasteiger charge is -2.19. The van der Waals surface area contributed by atoms with E-state index in [4.69, 9.17) is 4.74 Å². The molecule has 0 aliphatic heterocycles. The highest BCUT2D eigenvalue weighted by Crippen LogP contribution is 2.10. The highest BCUT2D eigenvalue weighted by atomic mass is 32.2. The summed E-state index contributed by atoms with van der Waals surface area (Å²) < 4.78 is 30.0. The Balaban J connectivity index is 2.32. The lowest BCUT2D eigenvalue weighted by molar-refractivity contribution is -0.123. The molecular formula is C16H26N2O4S. The fourth-order valence-corrected chi connectivity index (χ4v) is 2.82. The van der Waals surface area contributed by atoms with Gasteiger partial charge in [0.15, 0.2) is 6.61 Å². The third kappa shape index (κ3) is 7.99. The Morgan fingerprint density at radius 3 is 2.43 bits per heavy atom. The van der Waals surface area contributed by atoms with Gasteiger partial charge in [-0.1, -0.05) is 31.0 Å². The van der Waals surface area contributed by atoms with Crippen LogP contribution in [0, 0.1) is 6.92 Å². The first-order valence-corrected chi connectivity index (χ1v) is 9.59. The van der Waals surface area contributed by atoms with Crippen LogP contribution in [0.3, 0.4) is 0 Å². The summed E-state index contributed by atoms with van der Waals surface area (Å²) >= 11 is 0. The summed E-state index contributed by atoms with van der Waals surface area (Å²) in [6.07, 6.45) is 2.91. The second-order valence-corrected chi connectivity index (χ2v) is 7.45. The smallest absolute Gasteiger partial charge is 0.257 e. The molecule has 0 saturated heterocycles. The van der Waals surface area contributed by atoms with E-state index < -0.39 is 10.0 Å². The van der Waals surface area contributed by atoms with Crippen molar-refractivity contribution in [3.63, 3.8) is 0 Å². The standard InChI is InChI=1S/C16H26N2O4S/c1-4-5-11-18(23(3,20)21)12-10-17-16(19)13-22-15-8-6-14(2)7-9-15/h6-9H,4-5,10-13H2,1-3H3,(H,17,19). The van der Waals surface area contributed by atoms with Crippen LogP contribution in [-0.2, 0) is 14.8 Å². The molecule has 1 N–H and O–H groups in total. The van der Waals surface area contributed by atoms with Gasteiger partial charge in [0, 0.05) is 19.6 Å². The Labute approximate surface area is 138 Å². The molecule has 1 aromatic rings. The van der Waals surface area contributed by atoms with Gasteiger partial charge in [0.1, 0.15) is 5.75 Å². The minimum atomic E-state index is -3.24. The van der Waals surface area contributed by atoms with Gasteiger partial charge in [-0.05, 0) is 25.5 Å². The van der Waals surface area contributed by atoms with Crippen LogP contribution in [0.1, 0.15) is 25.3 Å². The van der Waals surface area contributed by atoms with Gasteiger partial charge < -0.3 is 10.1 Å². The molecule has 1 aromatic carbocycles. The van der Waals surface area contributed by atoms with Crippen molar-refractivity contribution in [3.8, 4) is 5.75 Å². The minimum Gasteiger partial charge on any atom is -0.484 e. The molecule has 0 unspecified atom stereocenters. The van der Waals surface area contributed by atoms with Crippen molar-refractivity contribution in [2.24, 2.45) is 0 Å². The number of hydrogen-bond acceptors (Lipinski definition) is 4. The van der Waals surface area contributed by atoms with E-state index in [-0.39, 0.29) is 25.6 Å². The summed E-state index contributed by atoms with van der Waals surface area (Å²) in [5.74, 6) is 0.362. The van der Waals surface area contributed by atoms with E-state index in [1.165, 1.54) is 10.6 Å². The lowest BCUT2D eigenvalue weighted by atomic mass is 10.2. The number of amides is 1. The molecule has 0 bridgehead atoms. The van der Waals surface area contributed by atoms with Crippen LogP contribution in [0.4, 0.5) is 0 Å². The van der Waals surface area contributed by atoms with Crippen LogP contribution in [0.25, 0.3) is 0 Å². The summed E-state index contributed by atoms with van der Waals surface area (Å²) in [7, 11) is -3.24. The van der Waals surface area contributed by atoms with Crippen molar-refractivity contribution in [2.45, 2.75) is 26.7 Å². The zero-order valence-electron chi connectivity index (χ0n) is 14.0. The number of benzene rings is 1. The van der Waals surface area contributed by atoms with Crippen LogP contribution in [0.15, 0.2) is 24.3 Å². The number of unbranched alkanes of at least 4 members (excludes halogenated alkanes) is 1. The van der Waals surface area contributed by atoms with Crippen LogP contribution in [0.2, 0.25) is 0 Å². The van der Waals surface area contributed by atoms with Crippen molar-refractivity contribution in [2.75, 3.05) is 32.5 Å². The monoisotopic (exact) mass is 342 g/mol. The maximum Gasteiger partial charge on any atom is 0.257 e. The molecule has 0 radical (unpaired) electrons. The second-order valence-electron chi connectivity index (χ2n) is 5.47. The zero-order valence-corrected chi connectivity index (χ0v) is 14.9. The molecule has 1 rings (SSSR count). The molecule has 0 aliphatic rings. The fraction of sp³-hybridized carbons (Fsp3) is 0.562. The van der Waals surface area contributed by atoms with Gasteiger partial charge in [0.2, 0.25) is 10.0 Å². The molecule has 0 aromatic heterocycles. The summed E-state index contributed by atoms with van der Waals surface area (Å²) in [5.41, 5.74) is 1.12. The van der Waals surface area contributed by atoms with Gasteiger partial charge in [0.25, 0.3) is 5.91 Å². The number of nitrogens with one attached hydrogen (secondary N) is 1. The number of aryl methyl sites for hydroxylation is 1. The number of nitrogens with zero attached hydrogens (tertiary/aromatic N) is 1. The highest BCUT2D eigenvalue weighted by Gasteiger charge is 2.15. The number of carbonyl (C=O) groups is 1. The fourth-order valence-electron chi connectivity index (χ4n) is 1.93. The van der Waals surface area contributed by atoms with E-state index in [0.29, 0.717) is 12.3 Å². The quantitative estimate of drug-likeness (QED) is 0.700. The van der Waals surface area contributed by atoms with Gasteiger partial charge in [-0.25, -0.2) is 12.7 Å². The Kier molecular flexibility index (Phi) is 8.05. The molecule has 130 valence electrons. The van der Waals surface area contributed by atoms with E-state index in [1.807, 2.05) is 26.0 Å². The Hall–Kier alpha value is -1.60. The van der Waals surface area contributed by atoms with Crippen molar-refractivity contribution in [3.05, 3.63) is 29.8 Å². The van der Waals surface area contributed by atoms with Crippen LogP contribution in [0.5, 0.6) is 5.75 Å². The van der Waals surface area contributed by atoms with Gasteiger partial charge >= 0.3 is 0 Å². The molecule has 0 fully saturated rings. The topological polar surface area (TPSA) is 75.7 Å². The van der Waals surface area contributed by atoms with Crippen molar-refractivity contribution >= 4 is 15.9 Å². The highest BCUT2D eigenvalue weighted by molar-refractivity contribution is 7.88. The predicted octanol–water partition coefficient (Wildman–Crippen LogP) is 1.55. The molecule has 0 heterocycles. The number of ether oxygens (including phenoxy) is 1. The van der Waals surface area contributed by atoms with Gasteiger partial charge in [0.05, 0.1) is 6.26 Å². The van der Waals surface area contributed by atoms with Gasteiger partial charge in [-0.2, -0.15) is 0 Å². The van der Waals surface area contributed by atoms with E-state index in [0.717, 1.165) is 18.4 Å². The van der Waals surface area contributed by atoms with Crippen LogP contribution < -0.4 is 10.1 Å². The van der Waals surface area contributed by atoms with E-state index in [9.17, 15) is 13.2 Å². The Morgan fingerprint density at radius 1 is 1.22 bits per heavy atom. The van der Waals surface area contributed by atoms with Crippen LogP contribution >= 0.6 is 0 Å². The molecule has 7 heteroatoms. The largest absolute Gasteiger partial charge is 0.484 e. The summed E-state index contributed by atoms with van der Waals surface area (Å²) in [4.78, 5) is 11.7. The van der Waals surface area contributed by atoms with Crippen LogP contribution in [-0.4, -0.2) is 51.1 Å². The third-order valence-corrected chi connectivity index (χ3v) is 4.61. The van der Waals surface area contributed by atoms with E-state index >= 15 is 0 Å². The Morgan fingerprint density at radius 2 is 1.87 bits per heavy atom. The summed E-state index contributed by atoms with van der Waals surface area (Å²) in [6, 6.07) is 7.42. The van der Waals surface area contributed by atoms with E-state index in [2.05, 4.69) is 5.32 Å². The molecule has 1 amide bonds. The zero-order chi connectivity index (χ0) is 17.3. The first kappa shape index (κ1) is 19.4. The second kappa shape index (κ2) is 9.52. The van der Waals surface area contributed by atoms with Crippen molar-refractivity contribution < 1.29 is 17.9 Å².